The van der Waals surface area contributed by atoms with Crippen LogP contribution in [0.1, 0.15) is 38.5 Å². The number of hydrogen-bond donors (Lipinski definition) is 0. The van der Waals surface area contributed by atoms with Crippen LogP contribution >= 0.6 is 0 Å². The highest BCUT2D eigenvalue weighted by Crippen LogP contribution is 2.26. The molecule has 1 saturated heterocycles. The summed E-state index contributed by atoms with van der Waals surface area (Å²) < 4.78 is 5.39. The quantitative estimate of drug-likeness (QED) is 0.649. The van der Waals surface area contributed by atoms with Gasteiger partial charge in [-0.05, 0) is 19.3 Å². The Bertz CT molecular complexity index is 154. The van der Waals surface area contributed by atoms with Crippen molar-refractivity contribution in [3.05, 3.63) is 0 Å². The van der Waals surface area contributed by atoms with E-state index in [1.807, 2.05) is 7.11 Å². The van der Waals surface area contributed by atoms with Crippen molar-refractivity contribution in [1.82, 2.24) is 4.90 Å². The number of likely N-dealkylation sites (tertiary alicyclic amines) is 1. The molecule has 0 bridgehead atoms. The zero-order valence-corrected chi connectivity index (χ0v) is 8.67. The fourth-order valence-electron chi connectivity index (χ4n) is 2.72. The van der Waals surface area contributed by atoms with Gasteiger partial charge in [0.25, 0.3) is 0 Å². The Morgan fingerprint density at radius 1 is 1.08 bits per heavy atom. The van der Waals surface area contributed by atoms with E-state index in [1.54, 1.807) is 0 Å². The summed E-state index contributed by atoms with van der Waals surface area (Å²) >= 11 is 0. The highest BCUT2D eigenvalue weighted by Gasteiger charge is 2.28. The molecule has 13 heavy (non-hydrogen) atoms. The van der Waals surface area contributed by atoms with Gasteiger partial charge in [0.15, 0.2) is 0 Å². The normalized spacial score (nSPS) is 32.5. The van der Waals surface area contributed by atoms with Gasteiger partial charge in [-0.1, -0.05) is 19.3 Å². The monoisotopic (exact) mass is 183 g/mol. The second-order valence-corrected chi connectivity index (χ2v) is 4.43. The van der Waals surface area contributed by atoms with Gasteiger partial charge in [-0.25, -0.2) is 0 Å². The third-order valence-corrected chi connectivity index (χ3v) is 3.60. The van der Waals surface area contributed by atoms with Gasteiger partial charge in [0, 0.05) is 26.2 Å². The summed E-state index contributed by atoms with van der Waals surface area (Å²) in [7, 11) is 1.84. The molecule has 2 aliphatic rings. The van der Waals surface area contributed by atoms with E-state index < -0.39 is 0 Å². The Morgan fingerprint density at radius 3 is 2.46 bits per heavy atom. The number of ether oxygens (including phenoxy) is 1. The Labute approximate surface area is 81.3 Å². The maximum atomic E-state index is 5.39. The molecule has 1 aliphatic carbocycles. The van der Waals surface area contributed by atoms with Crippen LogP contribution in [0.2, 0.25) is 0 Å². The third-order valence-electron chi connectivity index (χ3n) is 3.60. The van der Waals surface area contributed by atoms with Gasteiger partial charge in [0.2, 0.25) is 0 Å². The lowest BCUT2D eigenvalue weighted by Gasteiger charge is -2.30. The molecule has 0 aromatic carbocycles. The largest absolute Gasteiger partial charge is 0.380 e. The van der Waals surface area contributed by atoms with Gasteiger partial charge in [-0.2, -0.15) is 0 Å². The number of nitrogens with zero attached hydrogens (tertiary/aromatic N) is 1. The number of rotatable bonds is 2. The van der Waals surface area contributed by atoms with Crippen LogP contribution in [0.3, 0.4) is 0 Å². The molecule has 0 unspecified atom stereocenters. The second-order valence-electron chi connectivity index (χ2n) is 4.43. The van der Waals surface area contributed by atoms with E-state index in [0.29, 0.717) is 6.10 Å². The standard InChI is InChI=1S/C11H21NO/c1-13-11-7-8-12(9-11)10-5-3-2-4-6-10/h10-11H,2-9H2,1H3/t11-/m0/s1. The van der Waals surface area contributed by atoms with Crippen molar-refractivity contribution in [3.8, 4) is 0 Å². The first-order valence-electron chi connectivity index (χ1n) is 5.67. The van der Waals surface area contributed by atoms with Crippen LogP contribution in [0.4, 0.5) is 0 Å². The van der Waals surface area contributed by atoms with E-state index in [9.17, 15) is 0 Å². The van der Waals surface area contributed by atoms with Crippen LogP contribution < -0.4 is 0 Å². The number of hydrogen-bond acceptors (Lipinski definition) is 2. The summed E-state index contributed by atoms with van der Waals surface area (Å²) in [5, 5.41) is 0. The van der Waals surface area contributed by atoms with Gasteiger partial charge >= 0.3 is 0 Å². The fourth-order valence-corrected chi connectivity index (χ4v) is 2.72. The molecule has 0 aromatic rings. The van der Waals surface area contributed by atoms with E-state index >= 15 is 0 Å². The number of methoxy groups -OCH3 is 1. The second kappa shape index (κ2) is 4.43. The molecule has 2 heteroatoms. The molecule has 0 N–H and O–H groups in total. The van der Waals surface area contributed by atoms with Gasteiger partial charge in [0.05, 0.1) is 6.10 Å². The Morgan fingerprint density at radius 2 is 1.85 bits per heavy atom. The molecular formula is C11H21NO. The SMILES string of the molecule is CO[C@H]1CCN(C2CCCCC2)C1. The van der Waals surface area contributed by atoms with Crippen molar-refractivity contribution in [2.45, 2.75) is 50.7 Å². The summed E-state index contributed by atoms with van der Waals surface area (Å²) in [6.07, 6.45) is 8.96. The Hall–Kier alpha value is -0.0800. The van der Waals surface area contributed by atoms with Crippen molar-refractivity contribution < 1.29 is 4.74 Å². The predicted octanol–water partition coefficient (Wildman–Crippen LogP) is 2.04. The highest BCUT2D eigenvalue weighted by atomic mass is 16.5. The molecule has 0 spiro atoms. The topological polar surface area (TPSA) is 12.5 Å². The summed E-state index contributed by atoms with van der Waals surface area (Å²) in [6, 6.07) is 0.883. The molecule has 2 rings (SSSR count). The van der Waals surface area contributed by atoms with Crippen LogP contribution in [0.15, 0.2) is 0 Å². The minimum Gasteiger partial charge on any atom is -0.380 e. The lowest BCUT2D eigenvalue weighted by atomic mass is 9.94. The van der Waals surface area contributed by atoms with E-state index in [0.717, 1.165) is 6.04 Å². The van der Waals surface area contributed by atoms with Crippen molar-refractivity contribution in [1.29, 1.82) is 0 Å². The summed E-state index contributed by atoms with van der Waals surface area (Å²) in [5.74, 6) is 0. The van der Waals surface area contributed by atoms with Gasteiger partial charge < -0.3 is 4.74 Å². The van der Waals surface area contributed by atoms with Crippen molar-refractivity contribution in [3.63, 3.8) is 0 Å². The smallest absolute Gasteiger partial charge is 0.0710 e. The van der Waals surface area contributed by atoms with Gasteiger partial charge in [-0.3, -0.25) is 4.90 Å². The lowest BCUT2D eigenvalue weighted by molar-refractivity contribution is 0.0954. The zero-order valence-electron chi connectivity index (χ0n) is 8.67. The molecule has 0 amide bonds. The van der Waals surface area contributed by atoms with Crippen LogP contribution in [0.25, 0.3) is 0 Å². The van der Waals surface area contributed by atoms with Gasteiger partial charge in [0.1, 0.15) is 0 Å². The van der Waals surface area contributed by atoms with E-state index in [1.165, 1.54) is 51.6 Å². The molecule has 76 valence electrons. The molecule has 2 fully saturated rings. The first kappa shape index (κ1) is 9.47. The average Bonchev–Trinajstić information content (AvgIpc) is 2.67. The van der Waals surface area contributed by atoms with Gasteiger partial charge in [-0.15, -0.1) is 0 Å². The molecule has 1 saturated carbocycles. The Balaban J connectivity index is 1.80. The van der Waals surface area contributed by atoms with E-state index in [2.05, 4.69) is 4.90 Å². The fraction of sp³-hybridized carbons (Fsp3) is 1.00. The van der Waals surface area contributed by atoms with Crippen LogP contribution in [-0.2, 0) is 4.74 Å². The Kier molecular flexibility index (Phi) is 3.23. The van der Waals surface area contributed by atoms with Crippen molar-refractivity contribution in [2.75, 3.05) is 20.2 Å². The van der Waals surface area contributed by atoms with Crippen molar-refractivity contribution >= 4 is 0 Å². The van der Waals surface area contributed by atoms with Crippen LogP contribution in [-0.4, -0.2) is 37.2 Å². The van der Waals surface area contributed by atoms with Crippen molar-refractivity contribution in [2.24, 2.45) is 0 Å². The summed E-state index contributed by atoms with van der Waals surface area (Å²) in [4.78, 5) is 2.65. The first-order valence-corrected chi connectivity index (χ1v) is 5.67. The zero-order chi connectivity index (χ0) is 9.10. The molecular weight excluding hydrogens is 162 g/mol. The lowest BCUT2D eigenvalue weighted by Crippen LogP contribution is -2.35. The molecule has 0 aromatic heterocycles. The minimum atomic E-state index is 0.516. The maximum Gasteiger partial charge on any atom is 0.0710 e. The third kappa shape index (κ3) is 2.23. The molecule has 1 heterocycles. The molecule has 2 nitrogen and oxygen atoms in total. The molecule has 0 radical (unpaired) electrons. The molecule has 1 atom stereocenters. The maximum absolute atomic E-state index is 5.39. The highest BCUT2D eigenvalue weighted by molar-refractivity contribution is 4.83. The van der Waals surface area contributed by atoms with Crippen LogP contribution in [0.5, 0.6) is 0 Å². The minimum absolute atomic E-state index is 0.516. The first-order chi connectivity index (χ1) is 6.40. The average molecular weight is 183 g/mol. The van der Waals surface area contributed by atoms with E-state index in [4.69, 9.17) is 4.74 Å². The van der Waals surface area contributed by atoms with E-state index in [-0.39, 0.29) is 0 Å². The summed E-state index contributed by atoms with van der Waals surface area (Å²) in [6.45, 7) is 2.45. The predicted molar refractivity (Wildman–Crippen MR) is 53.9 cm³/mol. The van der Waals surface area contributed by atoms with Crippen LogP contribution in [0, 0.1) is 0 Å². The summed E-state index contributed by atoms with van der Waals surface area (Å²) in [5.41, 5.74) is 0. The molecule has 1 aliphatic heterocycles.